The Balaban J connectivity index is 1.92. The molecule has 0 atom stereocenters. The highest BCUT2D eigenvalue weighted by atomic mass is 32.3. The number of sulfone groups is 2. The van der Waals surface area contributed by atoms with Crippen LogP contribution in [-0.4, -0.2) is 34.3 Å². The first-order valence-corrected chi connectivity index (χ1v) is 13.3. The summed E-state index contributed by atoms with van der Waals surface area (Å²) in [6, 6.07) is 22.8. The van der Waals surface area contributed by atoms with Crippen LogP contribution in [0.3, 0.4) is 0 Å². The van der Waals surface area contributed by atoms with Crippen LogP contribution in [0.5, 0.6) is 5.75 Å². The van der Waals surface area contributed by atoms with Crippen molar-refractivity contribution in [3.8, 4) is 5.75 Å². The second kappa shape index (κ2) is 9.68. The van der Waals surface area contributed by atoms with Gasteiger partial charge in [0.1, 0.15) is 5.75 Å². The number of hydrogen-bond acceptors (Lipinski definition) is 6. The van der Waals surface area contributed by atoms with Crippen molar-refractivity contribution < 1.29 is 21.6 Å². The van der Waals surface area contributed by atoms with E-state index in [0.717, 1.165) is 4.90 Å². The van der Waals surface area contributed by atoms with Crippen LogP contribution in [-0.2, 0) is 19.7 Å². The molecular weight excluding hydrogens is 440 g/mol. The van der Waals surface area contributed by atoms with E-state index in [4.69, 9.17) is 4.74 Å². The Labute approximate surface area is 181 Å². The van der Waals surface area contributed by atoms with Crippen LogP contribution < -0.4 is 4.74 Å². The highest BCUT2D eigenvalue weighted by Crippen LogP contribution is 2.31. The lowest BCUT2D eigenvalue weighted by molar-refractivity contribution is 0.413. The average Bonchev–Trinajstić information content (AvgIpc) is 2.77. The third-order valence-corrected chi connectivity index (χ3v) is 10.8. The van der Waals surface area contributed by atoms with Gasteiger partial charge in [-0.25, -0.2) is 16.8 Å². The molecule has 0 N–H and O–H groups in total. The summed E-state index contributed by atoms with van der Waals surface area (Å²) >= 11 is 1.39. The molecule has 0 saturated heterocycles. The maximum Gasteiger partial charge on any atom is 0.195 e. The van der Waals surface area contributed by atoms with Crippen molar-refractivity contribution in [3.63, 3.8) is 0 Å². The Morgan fingerprint density at radius 3 is 1.80 bits per heavy atom. The Kier molecular flexibility index (Phi) is 7.23. The summed E-state index contributed by atoms with van der Waals surface area (Å²) in [6.45, 7) is 0. The molecule has 0 aliphatic rings. The molecule has 0 amide bonds. The van der Waals surface area contributed by atoms with Crippen LogP contribution in [0.15, 0.2) is 99.6 Å². The van der Waals surface area contributed by atoms with Gasteiger partial charge in [0, 0.05) is 10.6 Å². The second-order valence-electron chi connectivity index (χ2n) is 6.46. The second-order valence-corrected chi connectivity index (χ2v) is 12.2. The molecule has 0 unspecified atom stereocenters. The van der Waals surface area contributed by atoms with Gasteiger partial charge in [0.2, 0.25) is 0 Å². The number of methoxy groups -OCH3 is 1. The number of ether oxygens (including phenoxy) is 1. The molecule has 5 nitrogen and oxygen atoms in total. The number of thioether (sulfide) groups is 1. The lowest BCUT2D eigenvalue weighted by Crippen LogP contribution is -2.31. The van der Waals surface area contributed by atoms with Crippen molar-refractivity contribution in [2.24, 2.45) is 0 Å². The first kappa shape index (κ1) is 22.4. The van der Waals surface area contributed by atoms with E-state index < -0.39 is 24.3 Å². The summed E-state index contributed by atoms with van der Waals surface area (Å²) in [5.41, 5.74) is 0. The van der Waals surface area contributed by atoms with Gasteiger partial charge in [-0.05, 0) is 48.9 Å². The number of hydrogen-bond donors (Lipinski definition) is 0. The minimum absolute atomic E-state index is 0.000821. The van der Waals surface area contributed by atoms with Crippen LogP contribution in [0.25, 0.3) is 0 Å². The van der Waals surface area contributed by atoms with Gasteiger partial charge in [-0.15, -0.1) is 11.8 Å². The highest BCUT2D eigenvalue weighted by molar-refractivity contribution is 8.09. The molecule has 0 aliphatic heterocycles. The topological polar surface area (TPSA) is 77.5 Å². The smallest absolute Gasteiger partial charge is 0.195 e. The lowest BCUT2D eigenvalue weighted by Gasteiger charge is -2.18. The third-order valence-electron chi connectivity index (χ3n) is 4.50. The number of benzene rings is 3. The summed E-state index contributed by atoms with van der Waals surface area (Å²) in [7, 11) is -6.63. The van der Waals surface area contributed by atoms with Gasteiger partial charge in [0.05, 0.1) is 16.9 Å². The molecular formula is C22H22O5S3. The van der Waals surface area contributed by atoms with Crippen LogP contribution in [0, 0.1) is 0 Å². The molecule has 0 saturated carbocycles. The van der Waals surface area contributed by atoms with E-state index in [1.807, 2.05) is 24.3 Å². The summed E-state index contributed by atoms with van der Waals surface area (Å²) in [5, 5.41) is 0. The van der Waals surface area contributed by atoms with Crippen molar-refractivity contribution in [2.45, 2.75) is 25.7 Å². The Morgan fingerprint density at radius 1 is 0.767 bits per heavy atom. The van der Waals surface area contributed by atoms with Gasteiger partial charge in [0.25, 0.3) is 0 Å². The standard InChI is InChI=1S/C22H22O5S3/c1-27-18-9-8-10-19(17-18)28-16-15-22(29(23,24)20-11-4-2-5-12-20)30(25,26)21-13-6-3-7-14-21/h2-14,17,22H,15-16H2,1H3. The van der Waals surface area contributed by atoms with Crippen LogP contribution in [0.4, 0.5) is 0 Å². The van der Waals surface area contributed by atoms with Gasteiger partial charge >= 0.3 is 0 Å². The monoisotopic (exact) mass is 462 g/mol. The Morgan fingerprint density at radius 2 is 1.30 bits per heavy atom. The fourth-order valence-corrected chi connectivity index (χ4v) is 8.76. The Bertz CT molecular complexity index is 1110. The van der Waals surface area contributed by atoms with Gasteiger partial charge in [-0.3, -0.25) is 0 Å². The fourth-order valence-electron chi connectivity index (χ4n) is 2.96. The van der Waals surface area contributed by atoms with Gasteiger partial charge in [-0.1, -0.05) is 42.5 Å². The van der Waals surface area contributed by atoms with Gasteiger partial charge in [-0.2, -0.15) is 0 Å². The maximum atomic E-state index is 13.3. The van der Waals surface area contributed by atoms with E-state index in [1.54, 1.807) is 43.5 Å². The van der Waals surface area contributed by atoms with Crippen molar-refractivity contribution >= 4 is 31.4 Å². The molecule has 0 spiro atoms. The van der Waals surface area contributed by atoms with E-state index in [1.165, 1.54) is 36.0 Å². The molecule has 0 heterocycles. The van der Waals surface area contributed by atoms with E-state index in [9.17, 15) is 16.8 Å². The normalized spacial score (nSPS) is 12.1. The first-order valence-electron chi connectivity index (χ1n) is 9.20. The molecule has 0 bridgehead atoms. The van der Waals surface area contributed by atoms with Gasteiger partial charge < -0.3 is 4.74 Å². The van der Waals surface area contributed by atoms with Crippen LogP contribution in [0.1, 0.15) is 6.42 Å². The molecule has 158 valence electrons. The predicted molar refractivity (Wildman–Crippen MR) is 119 cm³/mol. The van der Waals surface area contributed by atoms with E-state index in [0.29, 0.717) is 11.5 Å². The SMILES string of the molecule is COc1cccc(SCCC(S(=O)(=O)c2ccccc2)S(=O)(=O)c2ccccc2)c1. The minimum atomic E-state index is -4.10. The van der Waals surface area contributed by atoms with Gasteiger partial charge in [0.15, 0.2) is 24.3 Å². The van der Waals surface area contributed by atoms with Crippen LogP contribution in [0.2, 0.25) is 0 Å². The highest BCUT2D eigenvalue weighted by Gasteiger charge is 2.39. The predicted octanol–water partition coefficient (Wildman–Crippen LogP) is 4.45. The molecule has 0 fully saturated rings. The summed E-state index contributed by atoms with van der Waals surface area (Å²) < 4.78 is 56.8. The quantitative estimate of drug-likeness (QED) is 0.437. The van der Waals surface area contributed by atoms with E-state index >= 15 is 0 Å². The minimum Gasteiger partial charge on any atom is -0.497 e. The molecule has 30 heavy (non-hydrogen) atoms. The zero-order valence-corrected chi connectivity index (χ0v) is 18.8. The Hall–Kier alpha value is -2.29. The molecule has 0 aliphatic carbocycles. The fraction of sp³-hybridized carbons (Fsp3) is 0.182. The summed E-state index contributed by atoms with van der Waals surface area (Å²) in [6.07, 6.45) is -0.0453. The van der Waals surface area contributed by atoms with Crippen molar-refractivity contribution in [1.29, 1.82) is 0 Å². The van der Waals surface area contributed by atoms with Crippen LogP contribution >= 0.6 is 11.8 Å². The maximum absolute atomic E-state index is 13.3. The average molecular weight is 463 g/mol. The molecule has 8 heteroatoms. The van der Waals surface area contributed by atoms with E-state index in [-0.39, 0.29) is 16.2 Å². The van der Waals surface area contributed by atoms with E-state index in [2.05, 4.69) is 0 Å². The molecule has 3 aromatic carbocycles. The largest absolute Gasteiger partial charge is 0.497 e. The van der Waals surface area contributed by atoms with Crippen molar-refractivity contribution in [2.75, 3.05) is 12.9 Å². The zero-order valence-electron chi connectivity index (χ0n) is 16.3. The third kappa shape index (κ3) is 5.06. The lowest BCUT2D eigenvalue weighted by atomic mass is 10.3. The first-order chi connectivity index (χ1) is 14.4. The molecule has 3 aromatic rings. The van der Waals surface area contributed by atoms with Crippen molar-refractivity contribution in [3.05, 3.63) is 84.9 Å². The molecule has 0 radical (unpaired) electrons. The van der Waals surface area contributed by atoms with Crippen molar-refractivity contribution in [1.82, 2.24) is 0 Å². The summed E-state index contributed by atoms with van der Waals surface area (Å²) in [5.74, 6) is 1.00. The summed E-state index contributed by atoms with van der Waals surface area (Å²) in [4.78, 5) is 0.879. The zero-order chi connectivity index (χ0) is 21.6. The molecule has 0 aromatic heterocycles. The molecule has 3 rings (SSSR count). The number of rotatable bonds is 9.